The first-order chi connectivity index (χ1) is 14.4. The minimum atomic E-state index is 0.137. The predicted octanol–water partition coefficient (Wildman–Crippen LogP) is 7.15. The van der Waals surface area contributed by atoms with Gasteiger partial charge in [-0.1, -0.05) is 87.1 Å². The highest BCUT2D eigenvalue weighted by Gasteiger charge is 2.39. The van der Waals surface area contributed by atoms with Gasteiger partial charge in [-0.3, -0.25) is 0 Å². The van der Waals surface area contributed by atoms with Crippen molar-refractivity contribution in [1.29, 1.82) is 0 Å². The Kier molecular flexibility index (Phi) is 5.60. The molecule has 1 aromatic carbocycles. The van der Waals surface area contributed by atoms with Crippen molar-refractivity contribution in [2.24, 2.45) is 17.3 Å². The molecule has 1 fully saturated rings. The molecule has 0 aromatic heterocycles. The van der Waals surface area contributed by atoms with E-state index in [2.05, 4.69) is 68.8 Å². The van der Waals surface area contributed by atoms with Crippen molar-refractivity contribution < 1.29 is 5.11 Å². The van der Waals surface area contributed by atoms with E-state index < -0.39 is 0 Å². The number of hydrogen-bond donors (Lipinski definition) is 2. The molecule has 0 spiro atoms. The number of benzene rings is 1. The predicted molar refractivity (Wildman–Crippen MR) is 127 cm³/mol. The summed E-state index contributed by atoms with van der Waals surface area (Å²) in [6, 6.07) is 8.17. The maximum atomic E-state index is 11.1. The van der Waals surface area contributed by atoms with E-state index in [9.17, 15) is 5.11 Å². The summed E-state index contributed by atoms with van der Waals surface area (Å²) in [4.78, 5) is 0. The zero-order chi connectivity index (χ0) is 21.3. The lowest BCUT2D eigenvalue weighted by atomic mass is 9.60. The van der Waals surface area contributed by atoms with Gasteiger partial charge in [0.1, 0.15) is 5.76 Å². The maximum absolute atomic E-state index is 11.1. The highest BCUT2D eigenvalue weighted by molar-refractivity contribution is 5.82. The Labute approximate surface area is 181 Å². The molecule has 2 N–H and O–H groups in total. The molecule has 0 bridgehead atoms. The minimum absolute atomic E-state index is 0.137. The summed E-state index contributed by atoms with van der Waals surface area (Å²) in [5, 5.41) is 14.3. The fourth-order valence-electron chi connectivity index (χ4n) is 5.30. The summed E-state index contributed by atoms with van der Waals surface area (Å²) in [6.45, 7) is 12.8. The van der Waals surface area contributed by atoms with Crippen LogP contribution in [0, 0.1) is 24.2 Å². The number of aliphatic hydroxyl groups is 1. The first kappa shape index (κ1) is 20.5. The second kappa shape index (κ2) is 8.18. The third-order valence-corrected chi connectivity index (χ3v) is 7.14. The molecule has 3 atom stereocenters. The molecule has 1 saturated carbocycles. The number of dihydropyridines is 1. The molecule has 30 heavy (non-hydrogen) atoms. The van der Waals surface area contributed by atoms with Gasteiger partial charge in [-0.2, -0.15) is 0 Å². The monoisotopic (exact) mass is 399 g/mol. The van der Waals surface area contributed by atoms with Crippen LogP contribution in [0.3, 0.4) is 0 Å². The van der Waals surface area contributed by atoms with Crippen LogP contribution in [-0.2, 0) is 0 Å². The lowest BCUT2D eigenvalue weighted by molar-refractivity contribution is 0.135. The molecular formula is C28H33NO. The molecule has 1 heterocycles. The zero-order valence-corrected chi connectivity index (χ0v) is 18.2. The molecule has 1 aromatic rings. The Morgan fingerprint density at radius 3 is 2.70 bits per heavy atom. The van der Waals surface area contributed by atoms with Gasteiger partial charge in [0.15, 0.2) is 0 Å². The summed E-state index contributed by atoms with van der Waals surface area (Å²) in [6.07, 6.45) is 17.4. The van der Waals surface area contributed by atoms with Crippen LogP contribution in [0.5, 0.6) is 0 Å². The molecule has 156 valence electrons. The number of rotatable bonds is 4. The van der Waals surface area contributed by atoms with Crippen LogP contribution in [-0.4, -0.2) is 5.11 Å². The van der Waals surface area contributed by atoms with Crippen molar-refractivity contribution in [3.05, 3.63) is 102 Å². The largest absolute Gasteiger partial charge is 0.507 e. The van der Waals surface area contributed by atoms with Gasteiger partial charge in [0.25, 0.3) is 0 Å². The molecule has 3 aliphatic rings. The molecule has 2 aliphatic carbocycles. The van der Waals surface area contributed by atoms with Crippen LogP contribution in [0.25, 0.3) is 5.57 Å². The molecule has 3 unspecified atom stereocenters. The van der Waals surface area contributed by atoms with Crippen molar-refractivity contribution in [1.82, 2.24) is 5.32 Å². The second-order valence-corrected chi connectivity index (χ2v) is 9.32. The molecule has 4 rings (SSSR count). The van der Waals surface area contributed by atoms with Crippen LogP contribution in [0.15, 0.2) is 90.5 Å². The quantitative estimate of drug-likeness (QED) is 0.416. The number of aryl methyl sites for hydroxylation is 1. The highest BCUT2D eigenvalue weighted by atomic mass is 16.3. The van der Waals surface area contributed by atoms with Gasteiger partial charge in [0, 0.05) is 23.0 Å². The lowest BCUT2D eigenvalue weighted by Crippen LogP contribution is -2.35. The second-order valence-electron chi connectivity index (χ2n) is 9.32. The Morgan fingerprint density at radius 2 is 1.93 bits per heavy atom. The van der Waals surface area contributed by atoms with Crippen molar-refractivity contribution in [3.63, 3.8) is 0 Å². The third-order valence-electron chi connectivity index (χ3n) is 7.14. The number of allylic oxidation sites excluding steroid dienone is 6. The fraction of sp³-hybridized carbons (Fsp3) is 0.357. The zero-order valence-electron chi connectivity index (χ0n) is 18.2. The van der Waals surface area contributed by atoms with Crippen LogP contribution in [0.1, 0.15) is 50.2 Å². The van der Waals surface area contributed by atoms with E-state index in [0.717, 1.165) is 23.1 Å². The average Bonchev–Trinajstić information content (AvgIpc) is 2.74. The van der Waals surface area contributed by atoms with Crippen LogP contribution in [0.2, 0.25) is 0 Å². The van der Waals surface area contributed by atoms with Crippen molar-refractivity contribution in [3.8, 4) is 0 Å². The van der Waals surface area contributed by atoms with Gasteiger partial charge in [-0.15, -0.1) is 0 Å². The van der Waals surface area contributed by atoms with E-state index in [4.69, 9.17) is 0 Å². The number of aliphatic hydroxyl groups excluding tert-OH is 1. The Bertz CT molecular complexity index is 972. The number of nitrogens with one attached hydrogen (secondary N) is 1. The van der Waals surface area contributed by atoms with Crippen molar-refractivity contribution in [2.45, 2.75) is 46.0 Å². The molecule has 2 heteroatoms. The van der Waals surface area contributed by atoms with E-state index in [1.54, 1.807) is 0 Å². The Balaban J connectivity index is 1.60. The van der Waals surface area contributed by atoms with Crippen LogP contribution >= 0.6 is 0 Å². The summed E-state index contributed by atoms with van der Waals surface area (Å²) in [5.74, 6) is 1.63. The highest BCUT2D eigenvalue weighted by Crippen LogP contribution is 2.49. The van der Waals surface area contributed by atoms with E-state index in [0.29, 0.717) is 23.1 Å². The van der Waals surface area contributed by atoms with E-state index in [1.165, 1.54) is 31.2 Å². The standard InChI is InChI=1S/C28H33NO/c1-19-11-13-22(14-12-19)24-18-29-21(3)26(27(24)30)20(2)15-17-28(4)16-7-9-23-8-5-6-10-25(23)28/h7,9,11-15,17-18,23,25,29-30H,2-3,5-6,8,10,16H2,1,4H3/b17-15+. The number of fused-ring (bicyclic) bond motifs is 1. The van der Waals surface area contributed by atoms with Gasteiger partial charge in [-0.25, -0.2) is 0 Å². The molecule has 1 aliphatic heterocycles. The minimum Gasteiger partial charge on any atom is -0.507 e. The summed E-state index contributed by atoms with van der Waals surface area (Å²) < 4.78 is 0. The average molecular weight is 400 g/mol. The van der Waals surface area contributed by atoms with Gasteiger partial charge in [-0.05, 0) is 54.6 Å². The summed E-state index contributed by atoms with van der Waals surface area (Å²) in [5.41, 5.74) is 5.25. The molecule has 0 radical (unpaired) electrons. The SMILES string of the molecule is C=C(/C=C/C1(C)CC=CC2CCCCC21)C1=C(O)C(c2ccc(C)cc2)=CNC1=C. The summed E-state index contributed by atoms with van der Waals surface area (Å²) in [7, 11) is 0. The van der Waals surface area contributed by atoms with Gasteiger partial charge in [0.2, 0.25) is 0 Å². The maximum Gasteiger partial charge on any atom is 0.134 e. The smallest absolute Gasteiger partial charge is 0.134 e. The topological polar surface area (TPSA) is 32.3 Å². The van der Waals surface area contributed by atoms with Gasteiger partial charge in [0.05, 0.1) is 0 Å². The van der Waals surface area contributed by atoms with Gasteiger partial charge < -0.3 is 10.4 Å². The lowest BCUT2D eigenvalue weighted by Gasteiger charge is -2.44. The summed E-state index contributed by atoms with van der Waals surface area (Å²) >= 11 is 0. The molecule has 0 saturated heterocycles. The molecular weight excluding hydrogens is 366 g/mol. The molecule has 0 amide bonds. The van der Waals surface area contributed by atoms with E-state index >= 15 is 0 Å². The normalized spacial score (nSPS) is 28.9. The molecule has 2 nitrogen and oxygen atoms in total. The first-order valence-corrected chi connectivity index (χ1v) is 11.1. The van der Waals surface area contributed by atoms with Crippen molar-refractivity contribution >= 4 is 5.57 Å². The van der Waals surface area contributed by atoms with Crippen LogP contribution < -0.4 is 5.32 Å². The first-order valence-electron chi connectivity index (χ1n) is 11.1. The van der Waals surface area contributed by atoms with E-state index in [1.807, 2.05) is 18.3 Å². The Hall–Kier alpha value is -2.74. The van der Waals surface area contributed by atoms with E-state index in [-0.39, 0.29) is 11.2 Å². The Morgan fingerprint density at radius 1 is 1.20 bits per heavy atom. The van der Waals surface area contributed by atoms with Crippen molar-refractivity contribution in [2.75, 3.05) is 0 Å². The number of hydrogen-bond acceptors (Lipinski definition) is 2. The third kappa shape index (κ3) is 3.84. The van der Waals surface area contributed by atoms with Crippen LogP contribution in [0.4, 0.5) is 0 Å². The fourth-order valence-corrected chi connectivity index (χ4v) is 5.30. The van der Waals surface area contributed by atoms with Gasteiger partial charge >= 0.3 is 0 Å².